The fourth-order valence-corrected chi connectivity index (χ4v) is 2.16. The SMILES string of the molecule is CCCC(O)CNCc1cc(OC)c(O)cc1Br. The van der Waals surface area contributed by atoms with E-state index in [2.05, 4.69) is 21.2 Å². The molecule has 102 valence electrons. The second kappa shape index (κ2) is 7.61. The quantitative estimate of drug-likeness (QED) is 0.722. The van der Waals surface area contributed by atoms with E-state index >= 15 is 0 Å². The van der Waals surface area contributed by atoms with Crippen molar-refractivity contribution in [2.75, 3.05) is 13.7 Å². The first kappa shape index (κ1) is 15.3. The van der Waals surface area contributed by atoms with Crippen molar-refractivity contribution in [1.82, 2.24) is 5.32 Å². The summed E-state index contributed by atoms with van der Waals surface area (Å²) in [5, 5.41) is 22.4. The Morgan fingerprint density at radius 1 is 1.44 bits per heavy atom. The van der Waals surface area contributed by atoms with Crippen LogP contribution in [0.2, 0.25) is 0 Å². The van der Waals surface area contributed by atoms with Gasteiger partial charge < -0.3 is 20.3 Å². The highest BCUT2D eigenvalue weighted by molar-refractivity contribution is 9.10. The van der Waals surface area contributed by atoms with Crippen molar-refractivity contribution in [2.45, 2.75) is 32.4 Å². The predicted molar refractivity (Wildman–Crippen MR) is 75.0 cm³/mol. The second-order valence-electron chi connectivity index (χ2n) is 4.19. The van der Waals surface area contributed by atoms with Crippen LogP contribution in [0.15, 0.2) is 16.6 Å². The minimum atomic E-state index is -0.312. The number of methoxy groups -OCH3 is 1. The summed E-state index contributed by atoms with van der Waals surface area (Å²) in [7, 11) is 1.52. The van der Waals surface area contributed by atoms with Crippen LogP contribution in [0.4, 0.5) is 0 Å². The highest BCUT2D eigenvalue weighted by Gasteiger charge is 2.08. The molecule has 5 heteroatoms. The van der Waals surface area contributed by atoms with Gasteiger partial charge in [-0.1, -0.05) is 29.3 Å². The summed E-state index contributed by atoms with van der Waals surface area (Å²) in [4.78, 5) is 0. The van der Waals surface area contributed by atoms with E-state index in [9.17, 15) is 10.2 Å². The lowest BCUT2D eigenvalue weighted by Gasteiger charge is -2.13. The first-order chi connectivity index (χ1) is 8.58. The lowest BCUT2D eigenvalue weighted by Crippen LogP contribution is -2.26. The molecule has 1 unspecified atom stereocenters. The summed E-state index contributed by atoms with van der Waals surface area (Å²) >= 11 is 3.39. The number of phenols is 1. The molecule has 0 aliphatic carbocycles. The van der Waals surface area contributed by atoms with Crippen LogP contribution >= 0.6 is 15.9 Å². The molecule has 0 amide bonds. The zero-order chi connectivity index (χ0) is 13.5. The molecule has 0 spiro atoms. The van der Waals surface area contributed by atoms with Crippen LogP contribution in [0.5, 0.6) is 11.5 Å². The van der Waals surface area contributed by atoms with Gasteiger partial charge in [0.15, 0.2) is 11.5 Å². The minimum Gasteiger partial charge on any atom is -0.504 e. The van der Waals surface area contributed by atoms with E-state index in [1.54, 1.807) is 12.1 Å². The lowest BCUT2D eigenvalue weighted by molar-refractivity contribution is 0.160. The molecule has 1 aromatic carbocycles. The zero-order valence-corrected chi connectivity index (χ0v) is 12.3. The predicted octanol–water partition coefficient (Wildman–Crippen LogP) is 2.41. The zero-order valence-electron chi connectivity index (χ0n) is 10.7. The van der Waals surface area contributed by atoms with Crippen LogP contribution in [-0.4, -0.2) is 30.0 Å². The molecule has 3 N–H and O–H groups in total. The summed E-state index contributed by atoms with van der Waals surface area (Å²) in [6.07, 6.45) is 1.46. The topological polar surface area (TPSA) is 61.7 Å². The number of halogens is 1. The van der Waals surface area contributed by atoms with Crippen molar-refractivity contribution >= 4 is 15.9 Å². The summed E-state index contributed by atoms with van der Waals surface area (Å²) in [5.41, 5.74) is 0.980. The lowest BCUT2D eigenvalue weighted by atomic mass is 10.2. The molecule has 0 saturated carbocycles. The van der Waals surface area contributed by atoms with Crippen molar-refractivity contribution in [1.29, 1.82) is 0 Å². The molecule has 0 heterocycles. The summed E-state index contributed by atoms with van der Waals surface area (Å²) < 4.78 is 5.88. The smallest absolute Gasteiger partial charge is 0.160 e. The van der Waals surface area contributed by atoms with E-state index in [-0.39, 0.29) is 11.9 Å². The number of aromatic hydroxyl groups is 1. The van der Waals surface area contributed by atoms with Crippen molar-refractivity contribution in [3.05, 3.63) is 22.2 Å². The van der Waals surface area contributed by atoms with E-state index in [1.807, 2.05) is 6.92 Å². The van der Waals surface area contributed by atoms with E-state index in [1.165, 1.54) is 7.11 Å². The number of benzene rings is 1. The molecule has 4 nitrogen and oxygen atoms in total. The number of rotatable bonds is 7. The maximum absolute atomic E-state index is 9.60. The van der Waals surface area contributed by atoms with Crippen molar-refractivity contribution in [3.8, 4) is 11.5 Å². The van der Waals surface area contributed by atoms with Gasteiger partial charge in [-0.15, -0.1) is 0 Å². The molecule has 0 radical (unpaired) electrons. The number of hydrogen-bond acceptors (Lipinski definition) is 4. The average Bonchev–Trinajstić information content (AvgIpc) is 2.32. The van der Waals surface area contributed by atoms with Gasteiger partial charge >= 0.3 is 0 Å². The third-order valence-corrected chi connectivity index (χ3v) is 3.40. The van der Waals surface area contributed by atoms with Gasteiger partial charge in [0.05, 0.1) is 13.2 Å². The van der Waals surface area contributed by atoms with Gasteiger partial charge in [-0.2, -0.15) is 0 Å². The van der Waals surface area contributed by atoms with Crippen molar-refractivity contribution in [3.63, 3.8) is 0 Å². The molecule has 1 rings (SSSR count). The monoisotopic (exact) mass is 317 g/mol. The van der Waals surface area contributed by atoms with Crippen LogP contribution in [0.1, 0.15) is 25.3 Å². The fourth-order valence-electron chi connectivity index (χ4n) is 1.69. The average molecular weight is 318 g/mol. The first-order valence-corrected chi connectivity index (χ1v) is 6.82. The molecular weight excluding hydrogens is 298 g/mol. The highest BCUT2D eigenvalue weighted by atomic mass is 79.9. The van der Waals surface area contributed by atoms with Gasteiger partial charge in [0, 0.05) is 17.6 Å². The number of phenolic OH excluding ortho intramolecular Hbond substituents is 1. The summed E-state index contributed by atoms with van der Waals surface area (Å²) in [6, 6.07) is 3.39. The summed E-state index contributed by atoms with van der Waals surface area (Å²) in [6.45, 7) is 3.21. The van der Waals surface area contributed by atoms with Gasteiger partial charge in [-0.05, 0) is 24.1 Å². The Morgan fingerprint density at radius 3 is 2.78 bits per heavy atom. The molecule has 1 atom stereocenters. The molecule has 1 aromatic rings. The van der Waals surface area contributed by atoms with E-state index < -0.39 is 0 Å². The Morgan fingerprint density at radius 2 is 2.17 bits per heavy atom. The molecule has 0 fully saturated rings. The number of hydrogen-bond donors (Lipinski definition) is 3. The van der Waals surface area contributed by atoms with Crippen LogP contribution in [0.3, 0.4) is 0 Å². The Labute approximate surface area is 116 Å². The normalized spacial score (nSPS) is 12.4. The largest absolute Gasteiger partial charge is 0.504 e. The van der Waals surface area contributed by atoms with Crippen LogP contribution in [0.25, 0.3) is 0 Å². The van der Waals surface area contributed by atoms with E-state index in [4.69, 9.17) is 4.74 Å². The van der Waals surface area contributed by atoms with Gasteiger partial charge in [-0.25, -0.2) is 0 Å². The standard InChI is InChI=1S/C13H20BrNO3/c1-3-4-10(16)8-15-7-9-5-13(18-2)12(17)6-11(9)14/h5-6,10,15-17H,3-4,7-8H2,1-2H3. The third-order valence-electron chi connectivity index (χ3n) is 2.67. The fraction of sp³-hybridized carbons (Fsp3) is 0.538. The number of aliphatic hydroxyl groups excluding tert-OH is 1. The Hall–Kier alpha value is -0.780. The van der Waals surface area contributed by atoms with Crippen LogP contribution < -0.4 is 10.1 Å². The molecule has 0 aliphatic rings. The third kappa shape index (κ3) is 4.48. The number of nitrogens with one attached hydrogen (secondary N) is 1. The van der Waals surface area contributed by atoms with Gasteiger partial charge in [-0.3, -0.25) is 0 Å². The maximum Gasteiger partial charge on any atom is 0.160 e. The molecule has 18 heavy (non-hydrogen) atoms. The molecule has 0 aromatic heterocycles. The molecule has 0 aliphatic heterocycles. The van der Waals surface area contributed by atoms with E-state index in [0.717, 1.165) is 22.9 Å². The first-order valence-electron chi connectivity index (χ1n) is 6.02. The van der Waals surface area contributed by atoms with E-state index in [0.29, 0.717) is 18.8 Å². The maximum atomic E-state index is 9.60. The Balaban J connectivity index is 2.56. The van der Waals surface area contributed by atoms with Gasteiger partial charge in [0.25, 0.3) is 0 Å². The van der Waals surface area contributed by atoms with Crippen LogP contribution in [0, 0.1) is 0 Å². The summed E-state index contributed by atoms with van der Waals surface area (Å²) in [5.74, 6) is 0.559. The van der Waals surface area contributed by atoms with Gasteiger partial charge in [0.2, 0.25) is 0 Å². The van der Waals surface area contributed by atoms with Gasteiger partial charge in [0.1, 0.15) is 0 Å². The Kier molecular flexibility index (Phi) is 6.46. The Bertz CT molecular complexity index is 385. The van der Waals surface area contributed by atoms with Crippen LogP contribution in [-0.2, 0) is 6.54 Å². The number of ether oxygens (including phenoxy) is 1. The molecular formula is C13H20BrNO3. The highest BCUT2D eigenvalue weighted by Crippen LogP contribution is 2.32. The van der Waals surface area contributed by atoms with Crippen molar-refractivity contribution < 1.29 is 14.9 Å². The molecule has 0 saturated heterocycles. The van der Waals surface area contributed by atoms with Crippen molar-refractivity contribution in [2.24, 2.45) is 0 Å². The number of aliphatic hydroxyl groups is 1. The minimum absolute atomic E-state index is 0.110. The second-order valence-corrected chi connectivity index (χ2v) is 5.04. The molecule has 0 bridgehead atoms.